The summed E-state index contributed by atoms with van der Waals surface area (Å²) >= 11 is 17.3. The lowest BCUT2D eigenvalue weighted by Crippen LogP contribution is -2.56. The quantitative estimate of drug-likeness (QED) is 0.0842. The van der Waals surface area contributed by atoms with Gasteiger partial charge in [0.15, 0.2) is 33.9 Å². The number of anilines is 6. The normalized spacial score (nSPS) is 25.5. The summed E-state index contributed by atoms with van der Waals surface area (Å²) < 4.78 is 42.7. The molecule has 2 aliphatic carbocycles. The van der Waals surface area contributed by atoms with E-state index in [4.69, 9.17) is 53.3 Å². The minimum atomic E-state index is -0.177. The number of hydrogen-bond acceptors (Lipinski definition) is 28. The number of ether oxygens (including phenoxy) is 4. The van der Waals surface area contributed by atoms with Gasteiger partial charge in [0.2, 0.25) is 35.7 Å². The van der Waals surface area contributed by atoms with E-state index < -0.39 is 0 Å². The summed E-state index contributed by atoms with van der Waals surface area (Å²) in [5.74, 6) is 5.80. The van der Waals surface area contributed by atoms with Crippen LogP contribution in [0.25, 0.3) is 33.9 Å². The van der Waals surface area contributed by atoms with Gasteiger partial charge in [-0.1, -0.05) is 40.5 Å². The molecule has 6 atom stereocenters. The van der Waals surface area contributed by atoms with Gasteiger partial charge in [0, 0.05) is 250 Å². The van der Waals surface area contributed by atoms with Crippen LogP contribution in [0.3, 0.4) is 0 Å². The van der Waals surface area contributed by atoms with Crippen LogP contribution < -0.4 is 63.8 Å². The van der Waals surface area contributed by atoms with Crippen LogP contribution in [0, 0.1) is 32.4 Å². The van der Waals surface area contributed by atoms with Crippen molar-refractivity contribution in [2.45, 2.75) is 215 Å². The fraction of sp³-hybridized carbons (Fsp3) is 0.600. The average Bonchev–Trinajstić information content (AvgIpc) is 1.60. The molecule has 12 fully saturated rings. The van der Waals surface area contributed by atoms with Gasteiger partial charge in [0.1, 0.15) is 0 Å². The molecule has 0 radical (unpaired) electrons. The molecule has 0 unspecified atom stereocenters. The van der Waals surface area contributed by atoms with Gasteiger partial charge in [-0.15, -0.1) is 0 Å². The van der Waals surface area contributed by atoms with Crippen molar-refractivity contribution < 1.29 is 18.9 Å². The first-order valence-corrected chi connectivity index (χ1v) is 51.7. The third kappa shape index (κ3) is 17.6. The maximum absolute atomic E-state index is 6.52. The van der Waals surface area contributed by atoms with Crippen LogP contribution >= 0.6 is 116 Å². The SMILES string of the molecule is CC1(C)COC2(CCN(c3ncc(Br)c4nccn34)CC2)[C@@H]1N.CC1(C)COC2(CCN(c3ncc(I)c4nccn34)CC2)[C@@H]1N.N[C@@H]1CCCC12CCN(c1ncc(Br)c3nccn13)CC2.N[C@@H]1CCCC12CCN(c1ncc(I)c3nccn13)CC2.N[C@@H]1CCOC12CCN(c1ncc(Br)c3nccn13)CC2.N[C@@H]1CCOC12CCN(c1ncc(I)c3nccn13)CC2. The van der Waals surface area contributed by atoms with E-state index in [1.165, 1.54) is 64.2 Å². The number of imidazole rings is 6. The third-order valence-corrected chi connectivity index (χ3v) is 35.0. The first-order valence-electron chi connectivity index (χ1n) is 46.1. The molecular formula is C90H120Br3I3N30O4. The predicted molar refractivity (Wildman–Crippen MR) is 540 cm³/mol. The standard InChI is InChI=1S/C16H22BrN5O.C16H22IN5O.C15H20BrN5.C15H20IN5.C14H18BrN5O.C14H18IN5O/c2*1-15(2)10-23-16(13(15)18)3-6-21(7-4-16)14-20-9-11(17)12-19-5-8-22(12)14;2*16-11-10-19-14(21-9-6-18-13(11)21)20-7-4-15(5-8-20)3-1-2-12(15)17;2*15-10-9-18-13(20-7-4-17-12(10)20)19-5-2-14(3-6-19)11(16)1-8-21-14/h2*5,8-9,13H,3-4,6-7,10,18H2,1-2H3;2*6,9-10,12H,1-5,7-8,17H2;2*4,7,9,11H,1-3,5-6,8,16H2/t2*13-;2*12-;2*11-/m111111/s1. The molecule has 24 rings (SSSR count). The molecule has 10 saturated heterocycles. The lowest BCUT2D eigenvalue weighted by molar-refractivity contribution is -0.0238. The summed E-state index contributed by atoms with van der Waals surface area (Å²) in [6, 6.07) is 1.32. The summed E-state index contributed by atoms with van der Waals surface area (Å²) in [5.41, 5.74) is 44.3. The maximum Gasteiger partial charge on any atom is 0.211 e. The predicted octanol–water partition coefficient (Wildman–Crippen LogP) is 12.3. The van der Waals surface area contributed by atoms with Crippen LogP contribution in [-0.4, -0.2) is 250 Å². The highest BCUT2D eigenvalue weighted by Crippen LogP contribution is 2.50. The van der Waals surface area contributed by atoms with E-state index in [2.05, 4.69) is 250 Å². The van der Waals surface area contributed by atoms with Gasteiger partial charge in [-0.05, 0) is 242 Å². The second kappa shape index (κ2) is 37.7. The van der Waals surface area contributed by atoms with Crippen LogP contribution in [0.15, 0.2) is 125 Å². The van der Waals surface area contributed by atoms with E-state index in [-0.39, 0.29) is 57.4 Å². The average molecular weight is 2310 g/mol. The zero-order valence-electron chi connectivity index (χ0n) is 74.4. The molecule has 10 aliphatic heterocycles. The summed E-state index contributed by atoms with van der Waals surface area (Å²) in [6.45, 7) is 23.4. The fourth-order valence-corrected chi connectivity index (χ4v) is 25.6. The molecule has 12 aromatic heterocycles. The van der Waals surface area contributed by atoms with Gasteiger partial charge in [-0.3, -0.25) is 26.4 Å². The molecule has 34 nitrogen and oxygen atoms in total. The minimum Gasteiger partial charge on any atom is -0.373 e. The Morgan fingerprint density at radius 1 is 0.292 bits per heavy atom. The van der Waals surface area contributed by atoms with Crippen molar-refractivity contribution in [3.8, 4) is 0 Å². The number of piperidine rings is 6. The van der Waals surface area contributed by atoms with Crippen LogP contribution in [0.5, 0.6) is 0 Å². The van der Waals surface area contributed by atoms with Crippen LogP contribution in [0.4, 0.5) is 35.7 Å². The number of nitrogens with two attached hydrogens (primary N) is 6. The van der Waals surface area contributed by atoms with E-state index in [1.807, 2.05) is 108 Å². The van der Waals surface area contributed by atoms with Crippen molar-refractivity contribution in [3.63, 3.8) is 0 Å². The van der Waals surface area contributed by atoms with E-state index in [9.17, 15) is 0 Å². The number of nitrogens with zero attached hydrogens (tertiary/aromatic N) is 24. The first-order chi connectivity index (χ1) is 62.6. The van der Waals surface area contributed by atoms with Crippen molar-refractivity contribution in [1.82, 2.24) is 86.2 Å². The Kier molecular flexibility index (Phi) is 26.9. The minimum absolute atomic E-state index is 0.0512. The van der Waals surface area contributed by atoms with Crippen molar-refractivity contribution in [2.24, 2.45) is 56.1 Å². The number of hydrogen-bond donors (Lipinski definition) is 6. The van der Waals surface area contributed by atoms with Gasteiger partial charge in [-0.2, -0.15) is 0 Å². The highest BCUT2D eigenvalue weighted by atomic mass is 127. The third-order valence-electron chi connectivity index (χ3n) is 31.1. The molecule has 12 aliphatic rings. The van der Waals surface area contributed by atoms with Gasteiger partial charge in [0.05, 0.1) is 59.7 Å². The summed E-state index contributed by atoms with van der Waals surface area (Å²) in [6.07, 6.45) is 55.9. The molecule has 40 heteroatoms. The highest BCUT2D eigenvalue weighted by Gasteiger charge is 2.56. The largest absolute Gasteiger partial charge is 0.373 e. The van der Waals surface area contributed by atoms with Crippen molar-refractivity contribution in [2.75, 3.05) is 134 Å². The van der Waals surface area contributed by atoms with Crippen molar-refractivity contribution in [1.29, 1.82) is 0 Å². The zero-order valence-corrected chi connectivity index (χ0v) is 85.6. The molecule has 0 aromatic carbocycles. The summed E-state index contributed by atoms with van der Waals surface area (Å²) in [7, 11) is 0. The Morgan fingerprint density at radius 2 is 0.531 bits per heavy atom. The van der Waals surface area contributed by atoms with E-state index in [0.29, 0.717) is 22.9 Å². The van der Waals surface area contributed by atoms with Crippen molar-refractivity contribution in [3.05, 3.63) is 136 Å². The van der Waals surface area contributed by atoms with Gasteiger partial charge in [0.25, 0.3) is 0 Å². The lowest BCUT2D eigenvalue weighted by atomic mass is 9.74. The van der Waals surface area contributed by atoms with Crippen LogP contribution in [0.2, 0.25) is 0 Å². The van der Waals surface area contributed by atoms with Crippen molar-refractivity contribution >= 4 is 185 Å². The molecule has 0 bridgehead atoms. The molecule has 0 amide bonds. The fourth-order valence-electron chi connectivity index (χ4n) is 22.8. The van der Waals surface area contributed by atoms with Gasteiger partial charge < -0.3 is 82.7 Å². The maximum atomic E-state index is 6.52. The summed E-state index contributed by atoms with van der Waals surface area (Å²) in [5, 5.41) is 0. The second-order valence-electron chi connectivity index (χ2n) is 39.1. The monoisotopic (exact) mass is 2300 g/mol. The van der Waals surface area contributed by atoms with Gasteiger partial charge in [-0.25, -0.2) is 59.8 Å². The molecular weight excluding hydrogens is 2190 g/mol. The first kappa shape index (κ1) is 92.8. The Morgan fingerprint density at radius 3 is 0.762 bits per heavy atom. The molecule has 696 valence electrons. The van der Waals surface area contributed by atoms with Crippen LogP contribution in [0.1, 0.15) is 156 Å². The highest BCUT2D eigenvalue weighted by molar-refractivity contribution is 14.1. The number of rotatable bonds is 6. The van der Waals surface area contributed by atoms with E-state index >= 15 is 0 Å². The second-order valence-corrected chi connectivity index (χ2v) is 45.1. The molecule has 22 heterocycles. The summed E-state index contributed by atoms with van der Waals surface area (Å²) in [4.78, 5) is 68.0. The smallest absolute Gasteiger partial charge is 0.211 e. The Balaban J connectivity index is 0.000000101. The van der Waals surface area contributed by atoms with E-state index in [1.54, 1.807) is 12.4 Å². The van der Waals surface area contributed by atoms with Gasteiger partial charge >= 0.3 is 0 Å². The molecule has 12 N–H and O–H groups in total. The molecule has 6 spiro atoms. The zero-order chi connectivity index (χ0) is 90.3. The Hall–Kier alpha value is -6.25. The van der Waals surface area contributed by atoms with E-state index in [0.717, 1.165) is 263 Å². The molecule has 2 saturated carbocycles. The number of fused-ring (bicyclic) bond motifs is 6. The lowest BCUT2D eigenvalue weighted by Gasteiger charge is -2.42. The molecule has 12 aromatic rings. The number of halogens is 6. The topological polar surface area (TPSA) is 394 Å². The number of aromatic nitrogens is 18. The molecule has 130 heavy (non-hydrogen) atoms. The van der Waals surface area contributed by atoms with Crippen LogP contribution in [-0.2, 0) is 18.9 Å². The Labute approximate surface area is 823 Å². The Bertz CT molecular complexity index is 5390.